The largest absolute Gasteiger partial charge is 0.870 e. The summed E-state index contributed by atoms with van der Waals surface area (Å²) in [4.78, 5) is 17.9. The first kappa shape index (κ1) is 36.3. The van der Waals surface area contributed by atoms with Crippen molar-refractivity contribution in [2.24, 2.45) is 0 Å². The van der Waals surface area contributed by atoms with E-state index in [1.807, 2.05) is 13.1 Å². The van der Waals surface area contributed by atoms with Gasteiger partial charge in [0.25, 0.3) is 0 Å². The fourth-order valence-electron chi connectivity index (χ4n) is 0.544. The van der Waals surface area contributed by atoms with Gasteiger partial charge in [-0.3, -0.25) is 0 Å². The topological polar surface area (TPSA) is 82.5 Å². The Bertz CT molecular complexity index is 96.5. The van der Waals surface area contributed by atoms with Crippen molar-refractivity contribution in [1.29, 1.82) is 0 Å². The minimum Gasteiger partial charge on any atom is -0.870 e. The molecular weight excluding hydrogens is 296 g/mol. The third kappa shape index (κ3) is 186. The Morgan fingerprint density at radius 2 is 0.889 bits per heavy atom. The van der Waals surface area contributed by atoms with E-state index in [1.54, 1.807) is 13.1 Å². The minimum absolute atomic E-state index is 0. The second-order valence-electron chi connectivity index (χ2n) is 4.38. The van der Waals surface area contributed by atoms with E-state index in [9.17, 15) is 4.80 Å². The van der Waals surface area contributed by atoms with Crippen LogP contribution in [0.2, 0.25) is 52.4 Å². The molecule has 0 radical (unpaired) electrons. The molecule has 0 rings (SSSR count). The average molecular weight is 335 g/mol. The van der Waals surface area contributed by atoms with Crippen molar-refractivity contribution in [3.8, 4) is 0 Å². The molecule has 0 saturated heterocycles. The highest BCUT2D eigenvalue weighted by Crippen LogP contribution is 1.87. The summed E-state index contributed by atoms with van der Waals surface area (Å²) in [7, 11) is -3.86. The lowest BCUT2D eigenvalue weighted by Gasteiger charge is -2.07. The van der Waals surface area contributed by atoms with Crippen LogP contribution in [0.15, 0.2) is 0 Å². The summed E-state index contributed by atoms with van der Waals surface area (Å²) in [5.74, 6) is 0. The zero-order valence-corrected chi connectivity index (χ0v) is 16.6. The molecule has 0 aromatic carbocycles. The molecule has 0 bridgehead atoms. The molecule has 4 nitrogen and oxygen atoms in total. The molecule has 0 fully saturated rings. The highest BCUT2D eigenvalue weighted by molar-refractivity contribution is 6.63. The zero-order valence-electron chi connectivity index (χ0n) is 12.0. The summed E-state index contributed by atoms with van der Waals surface area (Å²) in [6, 6.07) is 0. The first-order valence-corrected chi connectivity index (χ1v) is 16.8. The summed E-state index contributed by atoms with van der Waals surface area (Å²) in [6.45, 7) is 16.1. The van der Waals surface area contributed by atoms with Gasteiger partial charge >= 0.3 is 0 Å². The summed E-state index contributed by atoms with van der Waals surface area (Å²) in [6.07, 6.45) is 0. The monoisotopic (exact) mass is 334 g/mol. The van der Waals surface area contributed by atoms with Crippen molar-refractivity contribution in [2.75, 3.05) is 0 Å². The standard InChI is InChI=1S/C4H14OSi2.C2H8OSi.C2H7OSi.2CH4.H2O/c1-6(2)5-7(3)4;2*1-4(2)3;;;/h6-7H,1-4H3;3-4H,1-2H3;4H,1-2H3;2*1H4;1H2/q;;-1;;;/p-1. The fraction of sp³-hybridized carbons (Fsp3) is 1.00. The molecule has 120 valence electrons. The molecule has 0 aromatic heterocycles. The van der Waals surface area contributed by atoms with Crippen LogP contribution in [0.4, 0.5) is 0 Å². The molecular formula is C10H38O4Si4-2. The Balaban J connectivity index is -0.0000000292. The molecule has 0 aliphatic heterocycles. The molecule has 18 heavy (non-hydrogen) atoms. The summed E-state index contributed by atoms with van der Waals surface area (Å²) in [5.41, 5.74) is 0. The van der Waals surface area contributed by atoms with E-state index in [2.05, 4.69) is 26.2 Å². The van der Waals surface area contributed by atoms with E-state index in [4.69, 9.17) is 8.91 Å². The van der Waals surface area contributed by atoms with E-state index in [1.165, 1.54) is 0 Å². The van der Waals surface area contributed by atoms with Gasteiger partial charge in [0.15, 0.2) is 27.1 Å². The molecule has 0 saturated carbocycles. The van der Waals surface area contributed by atoms with Gasteiger partial charge in [0.05, 0.1) is 0 Å². The van der Waals surface area contributed by atoms with Gasteiger partial charge in [-0.2, -0.15) is 0 Å². The maximum absolute atomic E-state index is 9.67. The Morgan fingerprint density at radius 1 is 0.778 bits per heavy atom. The van der Waals surface area contributed by atoms with Crippen LogP contribution in [-0.4, -0.2) is 46.4 Å². The summed E-state index contributed by atoms with van der Waals surface area (Å²) < 4.78 is 5.53. The highest BCUT2D eigenvalue weighted by atomic mass is 28.4. The molecule has 8 heteroatoms. The summed E-state index contributed by atoms with van der Waals surface area (Å²) in [5, 5.41) is 0. The maximum atomic E-state index is 9.67. The van der Waals surface area contributed by atoms with E-state index in [0.717, 1.165) is 0 Å². The fourth-order valence-corrected chi connectivity index (χ4v) is 4.90. The number of hydrogen-bond donors (Lipinski definition) is 1. The predicted molar refractivity (Wildman–Crippen MR) is 94.2 cm³/mol. The molecule has 0 amide bonds. The number of rotatable bonds is 2. The second-order valence-corrected chi connectivity index (χ2v) is 13.9. The highest BCUT2D eigenvalue weighted by Gasteiger charge is 1.97. The van der Waals surface area contributed by atoms with Crippen molar-refractivity contribution >= 4 is 36.2 Å². The van der Waals surface area contributed by atoms with Crippen molar-refractivity contribution in [3.05, 3.63) is 0 Å². The molecule has 0 aliphatic carbocycles. The SMILES string of the molecule is C.C.C[SiH](C)O.C[SiH](C)O[SiH](C)C.C[SiH](C)[O-].[OH-]. The first-order valence-electron chi connectivity index (χ1n) is 5.58. The van der Waals surface area contributed by atoms with Gasteiger partial charge in [-0.05, 0) is 39.3 Å². The quantitative estimate of drug-likeness (QED) is 0.773. The molecule has 0 atom stereocenters. The lowest BCUT2D eigenvalue weighted by molar-refractivity contribution is -0.190. The van der Waals surface area contributed by atoms with Crippen molar-refractivity contribution < 1.29 is 19.2 Å². The van der Waals surface area contributed by atoms with Gasteiger partial charge in [-0.1, -0.05) is 37.0 Å². The average Bonchev–Trinajstić information content (AvgIpc) is 1.78. The van der Waals surface area contributed by atoms with Gasteiger partial charge in [0, 0.05) is 0 Å². The third-order valence-electron chi connectivity index (χ3n) is 0.544. The van der Waals surface area contributed by atoms with Gasteiger partial charge in [0.1, 0.15) is 0 Å². The van der Waals surface area contributed by atoms with Crippen molar-refractivity contribution in [2.45, 2.75) is 67.2 Å². The predicted octanol–water partition coefficient (Wildman–Crippen LogP) is 1.36. The van der Waals surface area contributed by atoms with E-state index in [0.29, 0.717) is 0 Å². The smallest absolute Gasteiger partial charge is 0.166 e. The van der Waals surface area contributed by atoms with Crippen molar-refractivity contribution in [3.63, 3.8) is 0 Å². The van der Waals surface area contributed by atoms with Crippen LogP contribution in [-0.2, 0) is 4.12 Å². The van der Waals surface area contributed by atoms with E-state index in [-0.39, 0.29) is 20.3 Å². The normalized spacial score (nSPS) is 8.33. The zero-order chi connectivity index (χ0) is 13.0. The van der Waals surface area contributed by atoms with Gasteiger partial charge in [-0.25, -0.2) is 0 Å². The van der Waals surface area contributed by atoms with Crippen LogP contribution in [0.3, 0.4) is 0 Å². The van der Waals surface area contributed by atoms with E-state index < -0.39 is 36.2 Å². The minimum atomic E-state index is -1.39. The number of hydrogen-bond acceptors (Lipinski definition) is 4. The van der Waals surface area contributed by atoms with E-state index >= 15 is 0 Å². The lowest BCUT2D eigenvalue weighted by Crippen LogP contribution is -2.20. The molecule has 0 aromatic rings. The molecule has 0 spiro atoms. The maximum Gasteiger partial charge on any atom is 0.166 e. The first-order chi connectivity index (χ1) is 6.59. The molecule has 0 heterocycles. The third-order valence-corrected chi connectivity index (χ3v) is 4.90. The van der Waals surface area contributed by atoms with Crippen LogP contribution >= 0.6 is 0 Å². The van der Waals surface area contributed by atoms with Crippen LogP contribution in [0.5, 0.6) is 0 Å². The Kier molecular flexibility index (Phi) is 53.1. The van der Waals surface area contributed by atoms with Crippen LogP contribution in [0.25, 0.3) is 0 Å². The Hall–Kier alpha value is 0.708. The Labute approximate surface area is 123 Å². The Morgan fingerprint density at radius 3 is 0.889 bits per heavy atom. The van der Waals surface area contributed by atoms with Gasteiger partial charge in [0.2, 0.25) is 0 Å². The van der Waals surface area contributed by atoms with Crippen molar-refractivity contribution in [1.82, 2.24) is 0 Å². The van der Waals surface area contributed by atoms with Crippen LogP contribution in [0, 0.1) is 0 Å². The lowest BCUT2D eigenvalue weighted by atomic mass is 11.9. The second kappa shape index (κ2) is 26.3. The van der Waals surface area contributed by atoms with Crippen LogP contribution in [0.1, 0.15) is 14.9 Å². The van der Waals surface area contributed by atoms with Gasteiger partial charge in [-0.15, -0.1) is 0 Å². The molecule has 0 aliphatic rings. The van der Waals surface area contributed by atoms with Gasteiger partial charge < -0.3 is 19.2 Å². The molecule has 0 unspecified atom stereocenters. The van der Waals surface area contributed by atoms with Crippen LogP contribution < -0.4 is 4.80 Å². The summed E-state index contributed by atoms with van der Waals surface area (Å²) >= 11 is 0. The molecule has 2 N–H and O–H groups in total.